The van der Waals surface area contributed by atoms with E-state index in [0.29, 0.717) is 24.6 Å². The predicted molar refractivity (Wildman–Crippen MR) is 109 cm³/mol. The van der Waals surface area contributed by atoms with Crippen molar-refractivity contribution in [2.45, 2.75) is 13.5 Å². The summed E-state index contributed by atoms with van der Waals surface area (Å²) in [4.78, 5) is 31.6. The van der Waals surface area contributed by atoms with Crippen LogP contribution < -0.4 is 21.5 Å². The maximum atomic E-state index is 12.7. The molecule has 3 rings (SSSR count). The third kappa shape index (κ3) is 4.62. The molecular weight excluding hydrogens is 372 g/mol. The van der Waals surface area contributed by atoms with Gasteiger partial charge in [0.2, 0.25) is 0 Å². The standard InChI is InChI=1S/C20H22N6O3/c1-14-13-26(7-6-21)20(28)18(23-14)17(12-22)19(27)24-15-2-4-16(5-3-15)25-8-10-29-11-9-25/h2-5,12-13H,7-11,22H2,1H3,(H,24,27). The quantitative estimate of drug-likeness (QED) is 0.720. The summed E-state index contributed by atoms with van der Waals surface area (Å²) in [6.07, 6.45) is 2.52. The Hall–Kier alpha value is -3.64. The number of carbonyl (C=O) groups is 1. The van der Waals surface area contributed by atoms with Crippen molar-refractivity contribution in [2.75, 3.05) is 36.5 Å². The fourth-order valence-electron chi connectivity index (χ4n) is 3.08. The summed E-state index contributed by atoms with van der Waals surface area (Å²) in [5.41, 5.74) is 7.04. The van der Waals surface area contributed by atoms with Crippen LogP contribution in [0.3, 0.4) is 0 Å². The molecule has 0 atom stereocenters. The number of rotatable bonds is 5. The van der Waals surface area contributed by atoms with Crippen LogP contribution in [0.4, 0.5) is 11.4 Å². The van der Waals surface area contributed by atoms with E-state index >= 15 is 0 Å². The van der Waals surface area contributed by atoms with Gasteiger partial charge in [-0.25, -0.2) is 4.98 Å². The number of amides is 1. The van der Waals surface area contributed by atoms with Gasteiger partial charge >= 0.3 is 0 Å². The number of hydrogen-bond donors (Lipinski definition) is 2. The first-order valence-corrected chi connectivity index (χ1v) is 9.15. The SMILES string of the molecule is Cc1cn(CC#N)c(=O)c(C(=CN)C(=O)Nc2ccc(N3CCOCC3)cc2)n1. The minimum Gasteiger partial charge on any atom is -0.404 e. The summed E-state index contributed by atoms with van der Waals surface area (Å²) in [5, 5.41) is 11.6. The zero-order chi connectivity index (χ0) is 20.8. The largest absolute Gasteiger partial charge is 0.404 e. The van der Waals surface area contributed by atoms with Gasteiger partial charge in [0, 0.05) is 36.9 Å². The van der Waals surface area contributed by atoms with Crippen LogP contribution in [-0.2, 0) is 16.1 Å². The van der Waals surface area contributed by atoms with Crippen LogP contribution in [0.2, 0.25) is 0 Å². The zero-order valence-electron chi connectivity index (χ0n) is 16.1. The average molecular weight is 394 g/mol. The van der Waals surface area contributed by atoms with E-state index in [1.807, 2.05) is 18.2 Å². The molecule has 29 heavy (non-hydrogen) atoms. The number of anilines is 2. The highest BCUT2D eigenvalue weighted by molar-refractivity contribution is 6.24. The Bertz CT molecular complexity index is 1010. The molecule has 0 unspecified atom stereocenters. The first-order chi connectivity index (χ1) is 14.0. The van der Waals surface area contributed by atoms with Gasteiger partial charge in [0.05, 0.1) is 30.6 Å². The average Bonchev–Trinajstić information content (AvgIpc) is 2.73. The van der Waals surface area contributed by atoms with Crippen LogP contribution in [0, 0.1) is 18.3 Å². The second-order valence-corrected chi connectivity index (χ2v) is 6.50. The van der Waals surface area contributed by atoms with Gasteiger partial charge in [-0.15, -0.1) is 0 Å². The zero-order valence-corrected chi connectivity index (χ0v) is 16.1. The van der Waals surface area contributed by atoms with E-state index in [1.165, 1.54) is 10.8 Å². The Labute approximate surface area is 168 Å². The van der Waals surface area contributed by atoms with E-state index in [0.717, 1.165) is 25.0 Å². The molecule has 1 aliphatic heterocycles. The molecule has 0 bridgehead atoms. The molecule has 150 valence electrons. The lowest BCUT2D eigenvalue weighted by Crippen LogP contribution is -2.36. The summed E-state index contributed by atoms with van der Waals surface area (Å²) in [6.45, 7) is 4.55. The third-order valence-corrected chi connectivity index (χ3v) is 4.50. The maximum Gasteiger partial charge on any atom is 0.278 e. The number of nitrogens with two attached hydrogens (primary N) is 1. The van der Waals surface area contributed by atoms with E-state index in [-0.39, 0.29) is 17.8 Å². The number of nitrogens with one attached hydrogen (secondary N) is 1. The molecular formula is C20H22N6O3. The smallest absolute Gasteiger partial charge is 0.278 e. The number of hydrogen-bond acceptors (Lipinski definition) is 7. The molecule has 1 saturated heterocycles. The van der Waals surface area contributed by atoms with Gasteiger partial charge in [-0.1, -0.05) is 0 Å². The summed E-state index contributed by atoms with van der Waals surface area (Å²) >= 11 is 0. The van der Waals surface area contributed by atoms with Crippen molar-refractivity contribution in [3.63, 3.8) is 0 Å². The molecule has 0 radical (unpaired) electrons. The number of ether oxygens (including phenoxy) is 1. The number of aromatic nitrogens is 2. The summed E-state index contributed by atoms with van der Waals surface area (Å²) in [6, 6.07) is 9.31. The molecule has 1 amide bonds. The van der Waals surface area contributed by atoms with E-state index in [2.05, 4.69) is 15.2 Å². The lowest BCUT2D eigenvalue weighted by atomic mass is 10.1. The Morgan fingerprint density at radius 3 is 2.66 bits per heavy atom. The molecule has 2 aromatic rings. The highest BCUT2D eigenvalue weighted by Gasteiger charge is 2.19. The minimum atomic E-state index is -0.551. The van der Waals surface area contributed by atoms with Gasteiger partial charge in [0.15, 0.2) is 0 Å². The van der Waals surface area contributed by atoms with E-state index in [9.17, 15) is 9.59 Å². The topological polar surface area (TPSA) is 126 Å². The monoisotopic (exact) mass is 394 g/mol. The van der Waals surface area contributed by atoms with Gasteiger partial charge in [-0.3, -0.25) is 14.2 Å². The van der Waals surface area contributed by atoms with Gasteiger partial charge in [0.25, 0.3) is 11.5 Å². The predicted octanol–water partition coefficient (Wildman–Crippen LogP) is 0.850. The van der Waals surface area contributed by atoms with Crippen LogP contribution in [-0.4, -0.2) is 41.8 Å². The van der Waals surface area contributed by atoms with Crippen LogP contribution >= 0.6 is 0 Å². The van der Waals surface area contributed by atoms with Crippen molar-refractivity contribution in [1.29, 1.82) is 5.26 Å². The number of carbonyl (C=O) groups excluding carboxylic acids is 1. The minimum absolute atomic E-state index is 0.0531. The van der Waals surface area contributed by atoms with Crippen molar-refractivity contribution >= 4 is 22.9 Å². The molecule has 3 N–H and O–H groups in total. The Balaban J connectivity index is 1.79. The number of morpholine rings is 1. The van der Waals surface area contributed by atoms with E-state index in [1.54, 1.807) is 19.1 Å². The van der Waals surface area contributed by atoms with Crippen LogP contribution in [0.1, 0.15) is 11.4 Å². The van der Waals surface area contributed by atoms with Crippen molar-refractivity contribution in [2.24, 2.45) is 5.73 Å². The van der Waals surface area contributed by atoms with Crippen LogP contribution in [0.25, 0.3) is 5.57 Å². The molecule has 1 aromatic heterocycles. The van der Waals surface area contributed by atoms with Gasteiger partial charge < -0.3 is 20.7 Å². The lowest BCUT2D eigenvalue weighted by Gasteiger charge is -2.28. The van der Waals surface area contributed by atoms with E-state index < -0.39 is 11.5 Å². The van der Waals surface area contributed by atoms with E-state index in [4.69, 9.17) is 15.7 Å². The van der Waals surface area contributed by atoms with Crippen molar-refractivity contribution < 1.29 is 9.53 Å². The number of aryl methyl sites for hydroxylation is 1. The first-order valence-electron chi connectivity index (χ1n) is 9.15. The summed E-state index contributed by atoms with van der Waals surface area (Å²) < 4.78 is 6.55. The molecule has 1 aliphatic rings. The highest BCUT2D eigenvalue weighted by atomic mass is 16.5. The molecule has 0 spiro atoms. The fraction of sp³-hybridized carbons (Fsp3) is 0.300. The van der Waals surface area contributed by atoms with Crippen molar-refractivity contribution in [3.05, 3.63) is 58.4 Å². The number of benzene rings is 1. The van der Waals surface area contributed by atoms with Crippen LogP contribution in [0.15, 0.2) is 41.5 Å². The molecule has 9 nitrogen and oxygen atoms in total. The summed E-state index contributed by atoms with van der Waals surface area (Å²) in [7, 11) is 0. The molecule has 0 aliphatic carbocycles. The molecule has 0 saturated carbocycles. The fourth-order valence-corrected chi connectivity index (χ4v) is 3.08. The molecule has 1 aromatic carbocycles. The normalized spacial score (nSPS) is 14.3. The second-order valence-electron chi connectivity index (χ2n) is 6.50. The van der Waals surface area contributed by atoms with Crippen molar-refractivity contribution in [1.82, 2.24) is 9.55 Å². The Morgan fingerprint density at radius 2 is 2.03 bits per heavy atom. The molecule has 9 heteroatoms. The third-order valence-electron chi connectivity index (χ3n) is 4.50. The van der Waals surface area contributed by atoms with Gasteiger partial charge in [-0.05, 0) is 31.2 Å². The summed E-state index contributed by atoms with van der Waals surface area (Å²) in [5.74, 6) is -0.551. The Kier molecular flexibility index (Phi) is 6.26. The van der Waals surface area contributed by atoms with Crippen LogP contribution in [0.5, 0.6) is 0 Å². The first kappa shape index (κ1) is 20.1. The number of nitriles is 1. The van der Waals surface area contributed by atoms with Gasteiger partial charge in [-0.2, -0.15) is 5.26 Å². The maximum absolute atomic E-state index is 12.7. The highest BCUT2D eigenvalue weighted by Crippen LogP contribution is 2.20. The Morgan fingerprint density at radius 1 is 1.34 bits per heavy atom. The molecule has 1 fully saturated rings. The molecule has 2 heterocycles. The second kappa shape index (κ2) is 9.03. The van der Waals surface area contributed by atoms with Gasteiger partial charge in [0.1, 0.15) is 12.2 Å². The lowest BCUT2D eigenvalue weighted by molar-refractivity contribution is -0.111. The van der Waals surface area contributed by atoms with Crippen molar-refractivity contribution in [3.8, 4) is 6.07 Å². The number of nitrogens with zero attached hydrogens (tertiary/aromatic N) is 4.